The lowest BCUT2D eigenvalue weighted by atomic mass is 9.98. The molecular formula is C38H42ClN6O3PS. The largest absolute Gasteiger partial charge is 0.493 e. The Hall–Kier alpha value is -3.66. The molecule has 50 heavy (non-hydrogen) atoms. The number of halogens is 1. The molecule has 260 valence electrons. The summed E-state index contributed by atoms with van der Waals surface area (Å²) in [6.45, 7) is 4.96. The molecule has 1 aliphatic rings. The number of hydrogen-bond donors (Lipinski definition) is 0. The van der Waals surface area contributed by atoms with Crippen LogP contribution in [0, 0.1) is 6.92 Å². The number of thioether (sulfide) groups is 1. The van der Waals surface area contributed by atoms with Gasteiger partial charge in [0.2, 0.25) is 0 Å². The van der Waals surface area contributed by atoms with E-state index in [1.165, 1.54) is 0 Å². The lowest BCUT2D eigenvalue weighted by Gasteiger charge is -2.16. The van der Waals surface area contributed by atoms with Gasteiger partial charge in [-0.2, -0.15) is 10.2 Å². The van der Waals surface area contributed by atoms with Gasteiger partial charge in [0.25, 0.3) is 0 Å². The van der Waals surface area contributed by atoms with Crippen molar-refractivity contribution in [3.63, 3.8) is 0 Å². The lowest BCUT2D eigenvalue weighted by molar-refractivity contribution is 0.108. The Kier molecular flexibility index (Phi) is 10.1. The Balaban J connectivity index is 1.38. The number of aromatic nitrogens is 5. The molecule has 3 aromatic heterocycles. The van der Waals surface area contributed by atoms with Gasteiger partial charge in [-0.25, -0.2) is 0 Å². The van der Waals surface area contributed by atoms with Crippen LogP contribution in [0.5, 0.6) is 5.75 Å². The molecule has 6 aromatic rings. The van der Waals surface area contributed by atoms with Crippen molar-refractivity contribution in [3.8, 4) is 16.9 Å². The molecule has 3 aromatic carbocycles. The van der Waals surface area contributed by atoms with Crippen molar-refractivity contribution in [2.75, 3.05) is 27.4 Å². The molecule has 8 bridgehead atoms. The molecule has 0 amide bonds. The van der Waals surface area contributed by atoms with Gasteiger partial charge in [0, 0.05) is 78.2 Å². The van der Waals surface area contributed by atoms with Gasteiger partial charge in [0.15, 0.2) is 5.52 Å². The molecule has 0 spiro atoms. The molecule has 0 radical (unpaired) electrons. The second kappa shape index (κ2) is 14.5. The Morgan fingerprint density at radius 1 is 1.04 bits per heavy atom. The van der Waals surface area contributed by atoms with Crippen LogP contribution < -0.4 is 4.74 Å². The van der Waals surface area contributed by atoms with Crippen LogP contribution in [-0.4, -0.2) is 61.9 Å². The summed E-state index contributed by atoms with van der Waals surface area (Å²) in [7, 11) is 10.2. The quantitative estimate of drug-likeness (QED) is 0.172. The molecule has 9 nitrogen and oxygen atoms in total. The zero-order valence-electron chi connectivity index (χ0n) is 29.1. The number of hydrogen-bond acceptors (Lipinski definition) is 7. The first kappa shape index (κ1) is 34.8. The second-order valence-corrected chi connectivity index (χ2v) is 15.0. The highest BCUT2D eigenvalue weighted by Crippen LogP contribution is 2.43. The van der Waals surface area contributed by atoms with Crippen molar-refractivity contribution in [1.29, 1.82) is 0 Å². The van der Waals surface area contributed by atoms with E-state index in [0.29, 0.717) is 50.0 Å². The van der Waals surface area contributed by atoms with E-state index in [1.54, 1.807) is 18.9 Å². The molecule has 1 aliphatic heterocycles. The van der Waals surface area contributed by atoms with Crippen LogP contribution in [0.25, 0.3) is 32.8 Å². The highest BCUT2D eigenvalue weighted by Gasteiger charge is 2.27. The zero-order valence-corrected chi connectivity index (χ0v) is 31.9. The van der Waals surface area contributed by atoms with Gasteiger partial charge in [-0.3, -0.25) is 19.1 Å². The van der Waals surface area contributed by atoms with Crippen LogP contribution in [0.1, 0.15) is 45.2 Å². The van der Waals surface area contributed by atoms with Crippen molar-refractivity contribution in [2.24, 2.45) is 14.1 Å². The number of carbonyl (C=O) groups is 1. The number of ether oxygens (including phenoxy) is 2. The van der Waals surface area contributed by atoms with Gasteiger partial charge in [0.05, 0.1) is 47.4 Å². The fourth-order valence-electron chi connectivity index (χ4n) is 7.26. The lowest BCUT2D eigenvalue weighted by Crippen LogP contribution is -2.19. The van der Waals surface area contributed by atoms with Gasteiger partial charge in [-0.15, -0.1) is 11.8 Å². The number of aryl methyl sites for hydroxylation is 3. The first-order chi connectivity index (χ1) is 24.1. The van der Waals surface area contributed by atoms with Crippen molar-refractivity contribution in [3.05, 3.63) is 93.7 Å². The van der Waals surface area contributed by atoms with Crippen LogP contribution in [-0.2, 0) is 50.6 Å². The first-order valence-electron chi connectivity index (χ1n) is 16.8. The molecule has 0 fully saturated rings. The summed E-state index contributed by atoms with van der Waals surface area (Å²) in [6.07, 6.45) is 1.40. The third-order valence-corrected chi connectivity index (χ3v) is 11.2. The molecule has 12 heteroatoms. The minimum Gasteiger partial charge on any atom is -0.493 e. The van der Waals surface area contributed by atoms with Gasteiger partial charge < -0.3 is 14.0 Å². The maximum absolute atomic E-state index is 13.3. The summed E-state index contributed by atoms with van der Waals surface area (Å²) in [4.78, 5) is 16.7. The average molecular weight is 729 g/mol. The normalized spacial score (nSPS) is 14.5. The summed E-state index contributed by atoms with van der Waals surface area (Å²) in [5, 5.41) is 13.9. The Morgan fingerprint density at radius 2 is 1.86 bits per heavy atom. The van der Waals surface area contributed by atoms with Gasteiger partial charge in [-0.1, -0.05) is 51.2 Å². The smallest absolute Gasteiger partial charge is 0.194 e. The Labute approximate surface area is 304 Å². The predicted molar refractivity (Wildman–Crippen MR) is 206 cm³/mol. The van der Waals surface area contributed by atoms with Crippen LogP contribution in [0.2, 0.25) is 5.02 Å². The molecular weight excluding hydrogens is 687 g/mol. The van der Waals surface area contributed by atoms with E-state index in [0.717, 1.165) is 84.0 Å². The molecule has 1 unspecified atom stereocenters. The molecule has 0 saturated carbocycles. The van der Waals surface area contributed by atoms with Crippen molar-refractivity contribution < 1.29 is 14.3 Å². The summed E-state index contributed by atoms with van der Waals surface area (Å²) in [5.41, 5.74) is 8.45. The van der Waals surface area contributed by atoms with Crippen molar-refractivity contribution in [2.45, 2.75) is 50.0 Å². The van der Waals surface area contributed by atoms with E-state index in [1.807, 2.05) is 46.2 Å². The number of benzene rings is 3. The number of nitrogens with zero attached hydrogens (tertiary/aromatic N) is 6. The molecule has 0 saturated heterocycles. The minimum atomic E-state index is -0.0610. The predicted octanol–water partition coefficient (Wildman–Crippen LogP) is 7.80. The summed E-state index contributed by atoms with van der Waals surface area (Å²) >= 11 is 8.93. The molecule has 1 atom stereocenters. The van der Waals surface area contributed by atoms with E-state index < -0.39 is 0 Å². The minimum absolute atomic E-state index is 0.0610. The fourth-order valence-corrected chi connectivity index (χ4v) is 8.86. The average Bonchev–Trinajstić information content (AvgIpc) is 3.69. The Bertz CT molecular complexity index is 2240. The maximum Gasteiger partial charge on any atom is 0.194 e. The van der Waals surface area contributed by atoms with Crippen LogP contribution in [0.3, 0.4) is 0 Å². The number of rotatable bonds is 4. The molecule has 4 heterocycles. The van der Waals surface area contributed by atoms with Crippen LogP contribution in [0.4, 0.5) is 0 Å². The SMILES string of the molecule is COCCn1nc2c(c1C)-c1c(Cl)ccc3c(c(C(=O)P)n(C)c13)CCCOc1cc(cc3ccccc13)SCc1cc(nn1C)CN(C)C2. The highest BCUT2D eigenvalue weighted by molar-refractivity contribution is 7.98. The third kappa shape index (κ3) is 6.60. The summed E-state index contributed by atoms with van der Waals surface area (Å²) in [5.74, 6) is 1.65. The van der Waals surface area contributed by atoms with Crippen molar-refractivity contribution in [1.82, 2.24) is 29.0 Å². The molecule has 0 N–H and O–H groups in total. The number of methoxy groups -OCH3 is 1. The Morgan fingerprint density at radius 3 is 2.66 bits per heavy atom. The maximum atomic E-state index is 13.3. The summed E-state index contributed by atoms with van der Waals surface area (Å²) < 4.78 is 18.0. The van der Waals surface area contributed by atoms with E-state index in [4.69, 9.17) is 31.3 Å². The van der Waals surface area contributed by atoms with E-state index in [9.17, 15) is 4.79 Å². The van der Waals surface area contributed by atoms with Gasteiger partial charge >= 0.3 is 0 Å². The van der Waals surface area contributed by atoms with E-state index >= 15 is 0 Å². The van der Waals surface area contributed by atoms with Gasteiger partial charge in [-0.05, 0) is 62.0 Å². The van der Waals surface area contributed by atoms with Crippen LogP contribution >= 0.6 is 32.6 Å². The van der Waals surface area contributed by atoms with Crippen molar-refractivity contribution >= 4 is 59.8 Å². The fraction of sp³-hybridized carbons (Fsp3) is 0.342. The first-order valence-corrected chi connectivity index (χ1v) is 18.7. The third-order valence-electron chi connectivity index (χ3n) is 9.57. The molecule has 7 rings (SSSR count). The van der Waals surface area contributed by atoms with Crippen LogP contribution in [0.15, 0.2) is 59.5 Å². The molecule has 0 aliphatic carbocycles. The number of fused-ring (bicyclic) bond motifs is 8. The topological polar surface area (TPSA) is 79.3 Å². The van der Waals surface area contributed by atoms with E-state index in [-0.39, 0.29) is 5.52 Å². The summed E-state index contributed by atoms with van der Waals surface area (Å²) in [6, 6.07) is 18.9. The highest BCUT2D eigenvalue weighted by atomic mass is 35.5. The second-order valence-electron chi connectivity index (χ2n) is 13.0. The van der Waals surface area contributed by atoms with Gasteiger partial charge in [0.1, 0.15) is 5.75 Å². The monoisotopic (exact) mass is 728 g/mol. The number of carbonyl (C=O) groups excluding carboxylic acids is 1. The standard InChI is InChI=1S/C38H42ClN6O3PS/c1-23-34-32(41-45(23)14-16-47-5)21-42(2)20-25-18-26(44(4)40-25)22-50-27-17-24-9-6-7-10-28(24)33(19-27)48-15-8-11-29-30-12-13-31(39)35(34)36(30)43(3)37(29)38(46)49/h6-7,9-10,12-13,17-19H,8,11,14-16,20-22,49H2,1-5H3. The zero-order chi connectivity index (χ0) is 35.1. The van der Waals surface area contributed by atoms with E-state index in [2.05, 4.69) is 64.5 Å².